The fourth-order valence-electron chi connectivity index (χ4n) is 2.40. The Morgan fingerprint density at radius 1 is 1.24 bits per heavy atom. The molecule has 1 fully saturated rings. The Morgan fingerprint density at radius 2 is 1.95 bits per heavy atom. The number of hydrogen-bond acceptors (Lipinski definition) is 2. The van der Waals surface area contributed by atoms with Crippen LogP contribution in [-0.4, -0.2) is 11.7 Å². The molecule has 1 heterocycles. The number of thioether (sulfide) groups is 1. The Morgan fingerprint density at radius 3 is 2.67 bits per heavy atom. The second kappa shape index (κ2) is 5.70. The normalized spacial score (nSPS) is 18.3. The third-order valence-electron chi connectivity index (χ3n) is 3.45. The van der Waals surface area contributed by atoms with Gasteiger partial charge in [0.1, 0.15) is 11.2 Å². The standard InChI is InChI=1S/C16H13ClFNOS/c1-10-2-5-12(17)8-14(10)19-15(20)9-21-16(19)11-3-6-13(18)7-4-11/h2-8,16H,9H2,1H3. The van der Waals surface area contributed by atoms with Crippen LogP contribution in [0.1, 0.15) is 16.5 Å². The van der Waals surface area contributed by atoms with Crippen LogP contribution < -0.4 is 4.90 Å². The largest absolute Gasteiger partial charge is 0.295 e. The van der Waals surface area contributed by atoms with E-state index in [1.807, 2.05) is 13.0 Å². The number of carbonyl (C=O) groups excluding carboxylic acids is 1. The summed E-state index contributed by atoms with van der Waals surface area (Å²) >= 11 is 7.60. The Labute approximate surface area is 131 Å². The first-order valence-electron chi connectivity index (χ1n) is 6.51. The fourth-order valence-corrected chi connectivity index (χ4v) is 3.74. The first-order valence-corrected chi connectivity index (χ1v) is 7.94. The summed E-state index contributed by atoms with van der Waals surface area (Å²) in [6.45, 7) is 1.95. The molecule has 1 atom stereocenters. The quantitative estimate of drug-likeness (QED) is 0.807. The van der Waals surface area contributed by atoms with E-state index in [0.717, 1.165) is 16.8 Å². The summed E-state index contributed by atoms with van der Waals surface area (Å²) in [6.07, 6.45) is 0. The van der Waals surface area contributed by atoms with E-state index < -0.39 is 0 Å². The van der Waals surface area contributed by atoms with Gasteiger partial charge in [-0.05, 0) is 42.3 Å². The van der Waals surface area contributed by atoms with Crippen LogP contribution in [0, 0.1) is 12.7 Å². The van der Waals surface area contributed by atoms with Crippen LogP contribution in [0.2, 0.25) is 5.02 Å². The van der Waals surface area contributed by atoms with Crippen LogP contribution in [0.3, 0.4) is 0 Å². The molecule has 1 amide bonds. The number of aryl methyl sites for hydroxylation is 1. The third-order valence-corrected chi connectivity index (χ3v) is 4.90. The molecule has 21 heavy (non-hydrogen) atoms. The lowest BCUT2D eigenvalue weighted by Gasteiger charge is -2.26. The van der Waals surface area contributed by atoms with Gasteiger partial charge in [-0.15, -0.1) is 11.8 Å². The lowest BCUT2D eigenvalue weighted by atomic mass is 10.1. The Kier molecular flexibility index (Phi) is 3.91. The van der Waals surface area contributed by atoms with Crippen LogP contribution in [0.5, 0.6) is 0 Å². The van der Waals surface area contributed by atoms with E-state index in [0.29, 0.717) is 10.8 Å². The van der Waals surface area contributed by atoms with E-state index in [-0.39, 0.29) is 17.1 Å². The Hall–Kier alpha value is -1.52. The highest BCUT2D eigenvalue weighted by atomic mass is 35.5. The number of benzene rings is 2. The van der Waals surface area contributed by atoms with Gasteiger partial charge in [-0.25, -0.2) is 4.39 Å². The van der Waals surface area contributed by atoms with Crippen LogP contribution in [-0.2, 0) is 4.79 Å². The number of hydrogen-bond donors (Lipinski definition) is 0. The van der Waals surface area contributed by atoms with Gasteiger partial charge in [0.15, 0.2) is 0 Å². The number of anilines is 1. The zero-order chi connectivity index (χ0) is 15.0. The second-order valence-corrected chi connectivity index (χ2v) is 6.41. The molecule has 0 radical (unpaired) electrons. The molecule has 0 N–H and O–H groups in total. The topological polar surface area (TPSA) is 20.3 Å². The lowest BCUT2D eigenvalue weighted by molar-refractivity contribution is -0.115. The van der Waals surface area contributed by atoms with Gasteiger partial charge in [0, 0.05) is 10.7 Å². The minimum absolute atomic E-state index is 0.0414. The SMILES string of the molecule is Cc1ccc(Cl)cc1N1C(=O)CSC1c1ccc(F)cc1. The maximum Gasteiger partial charge on any atom is 0.238 e. The van der Waals surface area contributed by atoms with Gasteiger partial charge in [0.05, 0.1) is 5.75 Å². The zero-order valence-corrected chi connectivity index (χ0v) is 12.9. The van der Waals surface area contributed by atoms with Gasteiger partial charge >= 0.3 is 0 Å². The van der Waals surface area contributed by atoms with E-state index in [2.05, 4.69) is 0 Å². The third kappa shape index (κ3) is 2.78. The molecular weight excluding hydrogens is 309 g/mol. The minimum atomic E-state index is -0.279. The van der Waals surface area contributed by atoms with E-state index in [1.54, 1.807) is 29.2 Å². The van der Waals surface area contributed by atoms with Crippen molar-refractivity contribution in [1.82, 2.24) is 0 Å². The number of amides is 1. The molecule has 1 aliphatic heterocycles. The molecule has 0 aromatic heterocycles. The van der Waals surface area contributed by atoms with Gasteiger partial charge < -0.3 is 0 Å². The first-order chi connectivity index (χ1) is 10.1. The lowest BCUT2D eigenvalue weighted by Crippen LogP contribution is -2.28. The summed E-state index contributed by atoms with van der Waals surface area (Å²) in [4.78, 5) is 14.0. The van der Waals surface area contributed by atoms with Crippen molar-refractivity contribution in [2.45, 2.75) is 12.3 Å². The molecular formula is C16H13ClFNOS. The van der Waals surface area contributed by atoms with Gasteiger partial charge in [0.25, 0.3) is 0 Å². The van der Waals surface area contributed by atoms with Gasteiger partial charge in [0.2, 0.25) is 5.91 Å². The van der Waals surface area contributed by atoms with Crippen molar-refractivity contribution in [1.29, 1.82) is 0 Å². The summed E-state index contributed by atoms with van der Waals surface area (Å²) in [5, 5.41) is 0.452. The molecule has 0 bridgehead atoms. The molecule has 1 saturated heterocycles. The fraction of sp³-hybridized carbons (Fsp3) is 0.188. The van der Waals surface area contributed by atoms with Crippen molar-refractivity contribution >= 4 is 35.0 Å². The predicted octanol–water partition coefficient (Wildman–Crippen LogP) is 4.57. The minimum Gasteiger partial charge on any atom is -0.295 e. The van der Waals surface area contributed by atoms with E-state index >= 15 is 0 Å². The smallest absolute Gasteiger partial charge is 0.238 e. The van der Waals surface area contributed by atoms with E-state index in [1.165, 1.54) is 23.9 Å². The summed E-state index contributed by atoms with van der Waals surface area (Å²) in [5.74, 6) is 0.173. The molecule has 1 unspecified atom stereocenters. The monoisotopic (exact) mass is 321 g/mol. The zero-order valence-electron chi connectivity index (χ0n) is 11.3. The molecule has 2 aromatic rings. The summed E-state index contributed by atoms with van der Waals surface area (Å²) < 4.78 is 13.1. The number of nitrogens with zero attached hydrogens (tertiary/aromatic N) is 1. The van der Waals surface area contributed by atoms with Gasteiger partial charge in [-0.1, -0.05) is 29.8 Å². The highest BCUT2D eigenvalue weighted by Crippen LogP contribution is 2.43. The molecule has 2 nitrogen and oxygen atoms in total. The highest BCUT2D eigenvalue weighted by molar-refractivity contribution is 8.00. The maximum atomic E-state index is 13.1. The van der Waals surface area contributed by atoms with Crippen molar-refractivity contribution < 1.29 is 9.18 Å². The average molecular weight is 322 g/mol. The van der Waals surface area contributed by atoms with Crippen molar-refractivity contribution in [2.24, 2.45) is 0 Å². The molecule has 5 heteroatoms. The molecule has 3 rings (SSSR count). The van der Waals surface area contributed by atoms with Crippen LogP contribution in [0.15, 0.2) is 42.5 Å². The molecule has 0 aliphatic carbocycles. The molecule has 2 aromatic carbocycles. The predicted molar refractivity (Wildman–Crippen MR) is 85.3 cm³/mol. The summed E-state index contributed by atoms with van der Waals surface area (Å²) in [7, 11) is 0. The molecule has 0 spiro atoms. The van der Waals surface area contributed by atoms with Crippen molar-refractivity contribution in [3.05, 3.63) is 64.4 Å². The number of halogens is 2. The van der Waals surface area contributed by atoms with Crippen molar-refractivity contribution in [2.75, 3.05) is 10.7 Å². The van der Waals surface area contributed by atoms with Crippen LogP contribution in [0.25, 0.3) is 0 Å². The van der Waals surface area contributed by atoms with Crippen LogP contribution >= 0.6 is 23.4 Å². The van der Waals surface area contributed by atoms with E-state index in [4.69, 9.17) is 11.6 Å². The Bertz CT molecular complexity index is 689. The number of carbonyl (C=O) groups is 1. The van der Waals surface area contributed by atoms with E-state index in [9.17, 15) is 9.18 Å². The highest BCUT2D eigenvalue weighted by Gasteiger charge is 2.34. The van der Waals surface area contributed by atoms with Crippen LogP contribution in [0.4, 0.5) is 10.1 Å². The average Bonchev–Trinajstić information content (AvgIpc) is 2.84. The second-order valence-electron chi connectivity index (χ2n) is 4.91. The first kappa shape index (κ1) is 14.4. The van der Waals surface area contributed by atoms with Gasteiger partial charge in [-0.2, -0.15) is 0 Å². The summed E-state index contributed by atoms with van der Waals surface area (Å²) in [5.41, 5.74) is 2.71. The van der Waals surface area contributed by atoms with Crippen molar-refractivity contribution in [3.8, 4) is 0 Å². The molecule has 108 valence electrons. The number of rotatable bonds is 2. The maximum absolute atomic E-state index is 13.1. The van der Waals surface area contributed by atoms with Crippen molar-refractivity contribution in [3.63, 3.8) is 0 Å². The van der Waals surface area contributed by atoms with Gasteiger partial charge in [-0.3, -0.25) is 9.69 Å². The molecule has 0 saturated carbocycles. The summed E-state index contributed by atoms with van der Waals surface area (Å²) in [6, 6.07) is 11.8. The molecule has 1 aliphatic rings. The Balaban J connectivity index is 2.03.